The molecule has 10 rings (SSSR count). The summed E-state index contributed by atoms with van der Waals surface area (Å²) in [4.78, 5) is 0. The number of hydrogen-bond donors (Lipinski definition) is 0. The molecule has 51 heavy (non-hydrogen) atoms. The lowest BCUT2D eigenvalue weighted by atomic mass is 9.86. The number of allylic oxidation sites excluding steroid dienone is 4. The molecule has 242 valence electrons. The van der Waals surface area contributed by atoms with Gasteiger partial charge in [0.05, 0.1) is 0 Å². The fourth-order valence-electron chi connectivity index (χ4n) is 7.80. The molecule has 0 radical (unpaired) electrons. The smallest absolute Gasteiger partial charge is 0.00617 e. The maximum atomic E-state index is 2.46. The van der Waals surface area contributed by atoms with Crippen molar-refractivity contribution in [3.63, 3.8) is 0 Å². The number of benzene rings is 8. The van der Waals surface area contributed by atoms with Crippen molar-refractivity contribution in [3.8, 4) is 33.4 Å². The van der Waals surface area contributed by atoms with Crippen LogP contribution < -0.4 is 0 Å². The van der Waals surface area contributed by atoms with E-state index in [1.54, 1.807) is 0 Å². The minimum absolute atomic E-state index is 0.388. The highest BCUT2D eigenvalue weighted by atomic mass is 14.3. The summed E-state index contributed by atoms with van der Waals surface area (Å²) in [5.74, 6) is 0.388. The fraction of sp³-hybridized carbons (Fsp3) is 0.0588. The van der Waals surface area contributed by atoms with Gasteiger partial charge in [-0.2, -0.15) is 0 Å². The van der Waals surface area contributed by atoms with E-state index in [1.165, 1.54) is 82.8 Å². The Kier molecular flexibility index (Phi) is 8.20. The second-order valence-electron chi connectivity index (χ2n) is 13.6. The van der Waals surface area contributed by atoms with E-state index in [-0.39, 0.29) is 0 Å². The van der Waals surface area contributed by atoms with Gasteiger partial charge in [-0.15, -0.1) is 0 Å². The summed E-state index contributed by atoms with van der Waals surface area (Å²) in [6.07, 6.45) is 9.15. The largest absolute Gasteiger partial charge is 0.0830 e. The van der Waals surface area contributed by atoms with Crippen LogP contribution in [0.1, 0.15) is 34.6 Å². The Morgan fingerprint density at radius 1 is 0.412 bits per heavy atom. The molecular formula is C51H38. The van der Waals surface area contributed by atoms with E-state index in [4.69, 9.17) is 0 Å². The lowest BCUT2D eigenvalue weighted by Crippen LogP contribution is -1.99. The van der Waals surface area contributed by atoms with Crippen LogP contribution in [0.15, 0.2) is 200 Å². The van der Waals surface area contributed by atoms with Crippen molar-refractivity contribution in [2.75, 3.05) is 0 Å². The molecule has 0 saturated carbocycles. The third-order valence-electron chi connectivity index (χ3n) is 10.5. The third kappa shape index (κ3) is 6.22. The van der Waals surface area contributed by atoms with E-state index in [0.717, 1.165) is 12.8 Å². The first-order valence-corrected chi connectivity index (χ1v) is 18.0. The number of rotatable bonds is 4. The first kappa shape index (κ1) is 30.8. The molecule has 0 bridgehead atoms. The molecule has 0 aliphatic heterocycles. The Bertz CT molecular complexity index is 2480. The number of fused-ring (bicyclic) bond motifs is 6. The molecule has 0 heterocycles. The zero-order valence-corrected chi connectivity index (χ0v) is 28.5. The quantitative estimate of drug-likeness (QED) is 0.178. The predicted molar refractivity (Wildman–Crippen MR) is 218 cm³/mol. The molecular weight excluding hydrogens is 613 g/mol. The Labute approximate surface area is 300 Å². The van der Waals surface area contributed by atoms with E-state index >= 15 is 0 Å². The van der Waals surface area contributed by atoms with Gasteiger partial charge in [0.1, 0.15) is 0 Å². The lowest BCUT2D eigenvalue weighted by molar-refractivity contribution is 0.857. The molecule has 0 nitrogen and oxygen atoms in total. The first-order chi connectivity index (χ1) is 25.3. The third-order valence-corrected chi connectivity index (χ3v) is 10.5. The van der Waals surface area contributed by atoms with Gasteiger partial charge in [0.15, 0.2) is 0 Å². The van der Waals surface area contributed by atoms with Crippen LogP contribution in [0.4, 0.5) is 0 Å². The van der Waals surface area contributed by atoms with Gasteiger partial charge in [-0.3, -0.25) is 0 Å². The van der Waals surface area contributed by atoms with Crippen LogP contribution in [-0.4, -0.2) is 0 Å². The Balaban J connectivity index is 0.000000299. The first-order valence-electron chi connectivity index (χ1n) is 18.0. The van der Waals surface area contributed by atoms with Gasteiger partial charge >= 0.3 is 0 Å². The standard InChI is InChI=1S/C41H30.C10H8/c1-2-7-28(8-3-1)29-13-15-30(16-14-29)31-17-19-32(20-18-31)34-10-6-11-35(25-34)36-23-24-40-38(26-36)27-37-22-21-33-9-4-5-12-39(33)41(37)40;1-2-6-10-8-4-3-7-9(10)5-1/h1-9,11-26,34H,10,27H2;1-8H. The van der Waals surface area contributed by atoms with Crippen LogP contribution in [0.3, 0.4) is 0 Å². The van der Waals surface area contributed by atoms with Crippen molar-refractivity contribution in [1.82, 2.24) is 0 Å². The topological polar surface area (TPSA) is 0 Å². The van der Waals surface area contributed by atoms with Crippen LogP contribution in [0.5, 0.6) is 0 Å². The van der Waals surface area contributed by atoms with Gasteiger partial charge in [-0.05, 0) is 95.6 Å². The van der Waals surface area contributed by atoms with E-state index in [0.29, 0.717) is 5.92 Å². The zero-order valence-electron chi connectivity index (χ0n) is 28.5. The van der Waals surface area contributed by atoms with Crippen LogP contribution in [0, 0.1) is 0 Å². The van der Waals surface area contributed by atoms with Gasteiger partial charge in [0.2, 0.25) is 0 Å². The Morgan fingerprint density at radius 3 is 1.63 bits per heavy atom. The molecule has 2 aliphatic carbocycles. The summed E-state index contributed by atoms with van der Waals surface area (Å²) in [5, 5.41) is 5.30. The van der Waals surface area contributed by atoms with Gasteiger partial charge in [-0.1, -0.05) is 200 Å². The Morgan fingerprint density at radius 2 is 0.961 bits per heavy atom. The highest BCUT2D eigenvalue weighted by molar-refractivity contribution is 6.01. The summed E-state index contributed by atoms with van der Waals surface area (Å²) in [7, 11) is 0. The van der Waals surface area contributed by atoms with Crippen LogP contribution in [0.2, 0.25) is 0 Å². The molecule has 0 heteroatoms. The molecule has 0 aromatic heterocycles. The monoisotopic (exact) mass is 650 g/mol. The highest BCUT2D eigenvalue weighted by Crippen LogP contribution is 2.43. The van der Waals surface area contributed by atoms with Gasteiger partial charge in [0.25, 0.3) is 0 Å². The second-order valence-corrected chi connectivity index (χ2v) is 13.6. The van der Waals surface area contributed by atoms with Crippen molar-refractivity contribution >= 4 is 27.1 Å². The molecule has 0 saturated heterocycles. The van der Waals surface area contributed by atoms with E-state index < -0.39 is 0 Å². The van der Waals surface area contributed by atoms with Crippen LogP contribution >= 0.6 is 0 Å². The van der Waals surface area contributed by atoms with E-state index in [1.807, 2.05) is 0 Å². The minimum Gasteiger partial charge on any atom is -0.0830 e. The second kappa shape index (κ2) is 13.6. The lowest BCUT2D eigenvalue weighted by Gasteiger charge is -2.18. The predicted octanol–water partition coefficient (Wildman–Crippen LogP) is 13.7. The molecule has 8 aromatic carbocycles. The molecule has 1 unspecified atom stereocenters. The molecule has 2 aliphatic rings. The maximum absolute atomic E-state index is 2.46. The van der Waals surface area contributed by atoms with E-state index in [2.05, 4.69) is 200 Å². The normalized spacial score (nSPS) is 14.4. The SMILES string of the molecule is C1=CC(c2ccc3c(c2)Cc2ccc4ccccc4c2-3)=CC(c2ccc(-c3ccc(-c4ccccc4)cc3)cc2)C1.c1ccc2ccccc2c1. The molecule has 0 fully saturated rings. The van der Waals surface area contributed by atoms with Crippen molar-refractivity contribution in [3.05, 3.63) is 222 Å². The van der Waals surface area contributed by atoms with Crippen LogP contribution in [-0.2, 0) is 6.42 Å². The maximum Gasteiger partial charge on any atom is 0.00617 e. The summed E-state index contributed by atoms with van der Waals surface area (Å²) in [6.45, 7) is 0. The average Bonchev–Trinajstić information content (AvgIpc) is 3.60. The van der Waals surface area contributed by atoms with Gasteiger partial charge in [-0.25, -0.2) is 0 Å². The van der Waals surface area contributed by atoms with Gasteiger partial charge in [0, 0.05) is 5.92 Å². The Hall–Kier alpha value is -6.24. The van der Waals surface area contributed by atoms with E-state index in [9.17, 15) is 0 Å². The molecule has 0 amide bonds. The summed E-state index contributed by atoms with van der Waals surface area (Å²) < 4.78 is 0. The van der Waals surface area contributed by atoms with Crippen molar-refractivity contribution in [1.29, 1.82) is 0 Å². The summed E-state index contributed by atoms with van der Waals surface area (Å²) in [5.41, 5.74) is 14.7. The number of hydrogen-bond acceptors (Lipinski definition) is 0. The van der Waals surface area contributed by atoms with Crippen molar-refractivity contribution in [2.45, 2.75) is 18.8 Å². The molecule has 0 N–H and O–H groups in total. The molecule has 0 spiro atoms. The average molecular weight is 651 g/mol. The summed E-state index contributed by atoms with van der Waals surface area (Å²) >= 11 is 0. The zero-order chi connectivity index (χ0) is 34.0. The molecule has 8 aromatic rings. The van der Waals surface area contributed by atoms with Gasteiger partial charge < -0.3 is 0 Å². The van der Waals surface area contributed by atoms with Crippen LogP contribution in [0.25, 0.3) is 60.5 Å². The van der Waals surface area contributed by atoms with Crippen molar-refractivity contribution in [2.24, 2.45) is 0 Å². The summed E-state index contributed by atoms with van der Waals surface area (Å²) in [6, 6.07) is 65.8. The fourth-order valence-corrected chi connectivity index (χ4v) is 7.80. The molecule has 1 atom stereocenters. The van der Waals surface area contributed by atoms with Crippen molar-refractivity contribution < 1.29 is 0 Å². The minimum atomic E-state index is 0.388. The highest BCUT2D eigenvalue weighted by Gasteiger charge is 2.22.